The lowest BCUT2D eigenvalue weighted by molar-refractivity contribution is 0.460. The van der Waals surface area contributed by atoms with Gasteiger partial charge in [-0.15, -0.1) is 0 Å². The zero-order valence-corrected chi connectivity index (χ0v) is 18.5. The van der Waals surface area contributed by atoms with Gasteiger partial charge < -0.3 is 20.1 Å². The highest BCUT2D eigenvalue weighted by molar-refractivity contribution is 5.79. The number of nitrogens with zero attached hydrogens (tertiary/aromatic N) is 4. The molecule has 2 aromatic carbocycles. The third-order valence-corrected chi connectivity index (χ3v) is 5.70. The van der Waals surface area contributed by atoms with Gasteiger partial charge in [-0.25, -0.2) is 4.98 Å². The molecule has 0 bridgehead atoms. The van der Waals surface area contributed by atoms with Crippen LogP contribution in [0, 0.1) is 5.92 Å². The number of guanidine groups is 1. The van der Waals surface area contributed by atoms with E-state index in [1.54, 1.807) is 0 Å². The van der Waals surface area contributed by atoms with Gasteiger partial charge in [0.05, 0.1) is 18.4 Å². The first-order valence-corrected chi connectivity index (χ1v) is 11.1. The minimum atomic E-state index is 0.579. The monoisotopic (exact) mass is 416 g/mol. The predicted octanol–water partition coefficient (Wildman–Crippen LogP) is 4.00. The highest BCUT2D eigenvalue weighted by Gasteiger charge is 2.22. The molecule has 1 unspecified atom stereocenters. The van der Waals surface area contributed by atoms with Gasteiger partial charge in [-0.3, -0.25) is 4.99 Å². The van der Waals surface area contributed by atoms with Crippen LogP contribution in [-0.2, 0) is 6.54 Å². The highest BCUT2D eigenvalue weighted by atomic mass is 15.3. The molecule has 0 spiro atoms. The van der Waals surface area contributed by atoms with Gasteiger partial charge in [0, 0.05) is 38.9 Å². The topological polar surface area (TPSA) is 59.6 Å². The van der Waals surface area contributed by atoms with Crippen molar-refractivity contribution in [1.82, 2.24) is 20.2 Å². The summed E-state index contributed by atoms with van der Waals surface area (Å²) < 4.78 is 0. The quantitative estimate of drug-likeness (QED) is 0.451. The fraction of sp³-hybridized carbons (Fsp3) is 0.360. The molecular formula is C25H32N6. The average molecular weight is 417 g/mol. The molecule has 1 aliphatic rings. The maximum atomic E-state index is 4.95. The van der Waals surface area contributed by atoms with Gasteiger partial charge in [0.15, 0.2) is 5.96 Å². The molecule has 1 aromatic heterocycles. The molecule has 1 aliphatic heterocycles. The summed E-state index contributed by atoms with van der Waals surface area (Å²) in [5.41, 5.74) is 3.50. The Hall–Kier alpha value is -3.28. The van der Waals surface area contributed by atoms with Crippen molar-refractivity contribution in [3.05, 3.63) is 72.7 Å². The van der Waals surface area contributed by atoms with Gasteiger partial charge in [0.2, 0.25) is 0 Å². The number of aromatic amines is 1. The maximum Gasteiger partial charge on any atom is 0.194 e. The Bertz CT molecular complexity index is 966. The number of aromatic nitrogens is 2. The molecule has 3 aromatic rings. The van der Waals surface area contributed by atoms with Crippen LogP contribution < -0.4 is 10.2 Å². The third-order valence-electron chi connectivity index (χ3n) is 5.70. The van der Waals surface area contributed by atoms with Crippen LogP contribution in [0.5, 0.6) is 0 Å². The second kappa shape index (κ2) is 10.2. The molecule has 2 heterocycles. The molecule has 1 fully saturated rings. The second-order valence-corrected chi connectivity index (χ2v) is 8.10. The van der Waals surface area contributed by atoms with E-state index in [2.05, 4.69) is 81.5 Å². The molecule has 31 heavy (non-hydrogen) atoms. The summed E-state index contributed by atoms with van der Waals surface area (Å²) >= 11 is 0. The van der Waals surface area contributed by atoms with Gasteiger partial charge >= 0.3 is 0 Å². The van der Waals surface area contributed by atoms with E-state index in [4.69, 9.17) is 4.99 Å². The van der Waals surface area contributed by atoms with Crippen molar-refractivity contribution in [2.24, 2.45) is 10.9 Å². The van der Waals surface area contributed by atoms with Crippen LogP contribution >= 0.6 is 0 Å². The van der Waals surface area contributed by atoms with Crippen molar-refractivity contribution in [2.45, 2.75) is 19.9 Å². The number of hydrogen-bond donors (Lipinski definition) is 2. The molecule has 0 amide bonds. The Morgan fingerprint density at radius 3 is 2.65 bits per heavy atom. The van der Waals surface area contributed by atoms with Crippen LogP contribution in [0.3, 0.4) is 0 Å². The summed E-state index contributed by atoms with van der Waals surface area (Å²) in [6.07, 6.45) is 3.08. The van der Waals surface area contributed by atoms with Crippen molar-refractivity contribution in [3.63, 3.8) is 0 Å². The summed E-state index contributed by atoms with van der Waals surface area (Å²) in [5, 5.41) is 3.43. The van der Waals surface area contributed by atoms with Crippen molar-refractivity contribution >= 4 is 11.6 Å². The number of benzene rings is 2. The van der Waals surface area contributed by atoms with Crippen molar-refractivity contribution in [1.29, 1.82) is 0 Å². The smallest absolute Gasteiger partial charge is 0.194 e. The molecule has 6 heteroatoms. The molecule has 1 saturated heterocycles. The summed E-state index contributed by atoms with van der Waals surface area (Å²) in [5.74, 6) is 2.44. The number of imidazole rings is 1. The van der Waals surface area contributed by atoms with E-state index in [-0.39, 0.29) is 0 Å². The number of rotatable bonds is 7. The molecule has 0 saturated carbocycles. The lowest BCUT2D eigenvalue weighted by Crippen LogP contribution is -2.39. The minimum Gasteiger partial charge on any atom is -0.371 e. The molecular weight excluding hydrogens is 384 g/mol. The zero-order chi connectivity index (χ0) is 21.5. The molecule has 0 radical (unpaired) electrons. The van der Waals surface area contributed by atoms with E-state index >= 15 is 0 Å². The summed E-state index contributed by atoms with van der Waals surface area (Å²) in [6.45, 7) is 6.64. The number of para-hydroxylation sites is 1. The highest BCUT2D eigenvalue weighted by Crippen LogP contribution is 2.23. The van der Waals surface area contributed by atoms with Crippen LogP contribution in [0.4, 0.5) is 5.69 Å². The van der Waals surface area contributed by atoms with E-state index in [1.165, 1.54) is 12.1 Å². The number of anilines is 1. The minimum absolute atomic E-state index is 0.579. The largest absolute Gasteiger partial charge is 0.371 e. The van der Waals surface area contributed by atoms with E-state index in [9.17, 15) is 0 Å². The van der Waals surface area contributed by atoms with E-state index in [0.717, 1.165) is 49.2 Å². The van der Waals surface area contributed by atoms with E-state index < -0.39 is 0 Å². The van der Waals surface area contributed by atoms with Gasteiger partial charge in [-0.2, -0.15) is 0 Å². The first-order valence-electron chi connectivity index (χ1n) is 11.1. The number of nitrogens with one attached hydrogen (secondary N) is 2. The van der Waals surface area contributed by atoms with E-state index in [0.29, 0.717) is 12.5 Å². The van der Waals surface area contributed by atoms with Crippen LogP contribution in [-0.4, -0.2) is 54.1 Å². The van der Waals surface area contributed by atoms with E-state index in [1.807, 2.05) is 24.4 Å². The summed E-state index contributed by atoms with van der Waals surface area (Å²) in [4.78, 5) is 17.6. The Labute approximate surface area is 185 Å². The Kier molecular flexibility index (Phi) is 6.87. The predicted molar refractivity (Wildman–Crippen MR) is 128 cm³/mol. The SMILES string of the molecule is CCNC(=NCC1CCN(c2ccccc2)C1)N(C)Cc1ncc(-c2ccccc2)[nH]1. The molecule has 162 valence electrons. The lowest BCUT2D eigenvalue weighted by atomic mass is 10.1. The normalized spacial score (nSPS) is 16.5. The van der Waals surface area contributed by atoms with Gasteiger partial charge in [-0.1, -0.05) is 48.5 Å². The maximum absolute atomic E-state index is 4.95. The Morgan fingerprint density at radius 2 is 1.90 bits per heavy atom. The van der Waals surface area contributed by atoms with Crippen molar-refractivity contribution in [3.8, 4) is 11.3 Å². The lowest BCUT2D eigenvalue weighted by Gasteiger charge is -2.22. The molecule has 6 nitrogen and oxygen atoms in total. The number of H-pyrrole nitrogens is 1. The second-order valence-electron chi connectivity index (χ2n) is 8.10. The zero-order valence-electron chi connectivity index (χ0n) is 18.5. The van der Waals surface area contributed by atoms with Crippen LogP contribution in [0.15, 0.2) is 71.9 Å². The first-order chi connectivity index (χ1) is 15.2. The fourth-order valence-electron chi connectivity index (χ4n) is 4.05. The fourth-order valence-corrected chi connectivity index (χ4v) is 4.05. The van der Waals surface area contributed by atoms with Gasteiger partial charge in [0.1, 0.15) is 5.82 Å². The van der Waals surface area contributed by atoms with Crippen LogP contribution in [0.25, 0.3) is 11.3 Å². The molecule has 4 rings (SSSR count). The van der Waals surface area contributed by atoms with Crippen LogP contribution in [0.2, 0.25) is 0 Å². The molecule has 2 N–H and O–H groups in total. The molecule has 1 atom stereocenters. The summed E-state index contributed by atoms with van der Waals surface area (Å²) in [7, 11) is 2.07. The summed E-state index contributed by atoms with van der Waals surface area (Å²) in [6, 6.07) is 21.0. The van der Waals surface area contributed by atoms with Crippen LogP contribution in [0.1, 0.15) is 19.2 Å². The standard InChI is InChI=1S/C25H32N6/c1-3-26-25(28-16-20-14-15-31(18-20)22-12-8-5-9-13-22)30(2)19-24-27-17-23(29-24)21-10-6-4-7-11-21/h4-13,17,20H,3,14-16,18-19H2,1-2H3,(H,26,28)(H,27,29). The number of hydrogen-bond acceptors (Lipinski definition) is 3. The average Bonchev–Trinajstić information content (AvgIpc) is 3.48. The first kappa shape index (κ1) is 21.0. The number of aliphatic imine (C=N–C) groups is 1. The van der Waals surface area contributed by atoms with Gasteiger partial charge in [0.25, 0.3) is 0 Å². The van der Waals surface area contributed by atoms with Crippen molar-refractivity contribution in [2.75, 3.05) is 38.1 Å². The Balaban J connectivity index is 1.36. The van der Waals surface area contributed by atoms with Crippen molar-refractivity contribution < 1.29 is 0 Å². The Morgan fingerprint density at radius 1 is 1.16 bits per heavy atom. The molecule has 0 aliphatic carbocycles. The third kappa shape index (κ3) is 5.45. The van der Waals surface area contributed by atoms with Gasteiger partial charge in [-0.05, 0) is 37.0 Å².